The van der Waals surface area contributed by atoms with E-state index in [4.69, 9.17) is 14.5 Å². The topological polar surface area (TPSA) is 78.4 Å². The maximum absolute atomic E-state index is 12.4. The number of methoxy groups -OCH3 is 1. The normalized spacial score (nSPS) is 21.4. The Bertz CT molecular complexity index is 548. The summed E-state index contributed by atoms with van der Waals surface area (Å²) < 4.78 is 10.7. The van der Waals surface area contributed by atoms with Gasteiger partial charge >= 0.3 is 6.09 Å². The summed E-state index contributed by atoms with van der Waals surface area (Å²) in [6, 6.07) is 0.194. The number of rotatable bonds is 7. The summed E-state index contributed by atoms with van der Waals surface area (Å²) in [4.78, 5) is 21.6. The van der Waals surface area contributed by atoms with Crippen LogP contribution in [0.4, 0.5) is 4.79 Å². The number of amides is 1. The van der Waals surface area contributed by atoms with E-state index >= 15 is 0 Å². The fourth-order valence-corrected chi connectivity index (χ4v) is 3.93. The lowest BCUT2D eigenvalue weighted by Gasteiger charge is -2.35. The van der Waals surface area contributed by atoms with Crippen LogP contribution in [-0.4, -0.2) is 93.0 Å². The van der Waals surface area contributed by atoms with Crippen molar-refractivity contribution in [2.45, 2.75) is 65.0 Å². The van der Waals surface area contributed by atoms with Crippen LogP contribution in [0.3, 0.4) is 0 Å². The molecule has 2 aliphatic heterocycles. The molecule has 2 N–H and O–H groups in total. The number of ether oxygens (including phenoxy) is 2. The van der Waals surface area contributed by atoms with Gasteiger partial charge in [0.1, 0.15) is 5.60 Å². The van der Waals surface area contributed by atoms with Gasteiger partial charge in [0.25, 0.3) is 0 Å². The van der Waals surface area contributed by atoms with E-state index < -0.39 is 5.60 Å². The van der Waals surface area contributed by atoms with Gasteiger partial charge in [-0.3, -0.25) is 4.99 Å². The van der Waals surface area contributed by atoms with Gasteiger partial charge in [0.15, 0.2) is 5.96 Å². The number of hydrogen-bond donors (Lipinski definition) is 2. The fourth-order valence-electron chi connectivity index (χ4n) is 3.93. The molecule has 2 heterocycles. The Morgan fingerprint density at radius 2 is 1.87 bits per heavy atom. The largest absolute Gasteiger partial charge is 0.444 e. The average molecular weight is 554 g/mol. The van der Waals surface area contributed by atoms with Crippen LogP contribution in [0.15, 0.2) is 4.99 Å². The highest BCUT2D eigenvalue weighted by atomic mass is 127. The molecule has 2 saturated heterocycles. The predicted molar refractivity (Wildman–Crippen MR) is 136 cm³/mol. The molecule has 2 rings (SSSR count). The number of halogens is 1. The van der Waals surface area contributed by atoms with Gasteiger partial charge in [0.05, 0.1) is 6.61 Å². The summed E-state index contributed by atoms with van der Waals surface area (Å²) in [7, 11) is 1.76. The van der Waals surface area contributed by atoms with E-state index in [2.05, 4.69) is 22.5 Å². The lowest BCUT2D eigenvalue weighted by molar-refractivity contribution is 0.0193. The SMILES string of the molecule is CCNC(=NCC1CCN(CCOC)CC1)NC1CCCN(C(=O)OC(C)(C)C)C1.I. The van der Waals surface area contributed by atoms with Crippen molar-refractivity contribution in [2.24, 2.45) is 10.9 Å². The number of carbonyl (C=O) groups excluding carboxylic acids is 1. The second kappa shape index (κ2) is 14.4. The average Bonchev–Trinajstić information content (AvgIpc) is 2.70. The summed E-state index contributed by atoms with van der Waals surface area (Å²) in [5, 5.41) is 6.91. The molecule has 0 aliphatic carbocycles. The van der Waals surface area contributed by atoms with E-state index in [0.29, 0.717) is 12.5 Å². The number of guanidine groups is 1. The van der Waals surface area contributed by atoms with E-state index in [1.54, 1.807) is 7.11 Å². The first-order chi connectivity index (χ1) is 14.3. The Hall–Kier alpha value is -0.810. The van der Waals surface area contributed by atoms with E-state index in [0.717, 1.165) is 64.7 Å². The molecule has 0 aromatic carbocycles. The Labute approximate surface area is 205 Å². The Morgan fingerprint density at radius 1 is 1.16 bits per heavy atom. The Kier molecular flexibility index (Phi) is 13.1. The van der Waals surface area contributed by atoms with Gasteiger partial charge in [-0.05, 0) is 72.4 Å². The molecule has 1 amide bonds. The smallest absolute Gasteiger partial charge is 0.410 e. The third-order valence-corrected chi connectivity index (χ3v) is 5.58. The van der Waals surface area contributed by atoms with Crippen LogP contribution < -0.4 is 10.6 Å². The molecule has 0 bridgehead atoms. The molecule has 0 aromatic rings. The van der Waals surface area contributed by atoms with Crippen molar-refractivity contribution >= 4 is 36.0 Å². The van der Waals surface area contributed by atoms with Gasteiger partial charge < -0.3 is 29.9 Å². The van der Waals surface area contributed by atoms with Crippen LogP contribution in [-0.2, 0) is 9.47 Å². The number of hydrogen-bond acceptors (Lipinski definition) is 5. The van der Waals surface area contributed by atoms with E-state index in [-0.39, 0.29) is 36.1 Å². The van der Waals surface area contributed by atoms with Crippen molar-refractivity contribution < 1.29 is 14.3 Å². The van der Waals surface area contributed by atoms with Crippen molar-refractivity contribution in [3.8, 4) is 0 Å². The van der Waals surface area contributed by atoms with Crippen molar-refractivity contribution in [1.29, 1.82) is 0 Å². The van der Waals surface area contributed by atoms with Crippen LogP contribution in [0.2, 0.25) is 0 Å². The number of piperidine rings is 2. The Morgan fingerprint density at radius 3 is 2.48 bits per heavy atom. The predicted octanol–water partition coefficient (Wildman–Crippen LogP) is 2.92. The molecule has 0 saturated carbocycles. The van der Waals surface area contributed by atoms with Gasteiger partial charge in [-0.25, -0.2) is 4.79 Å². The standard InChI is InChI=1S/C22H43N5O3.HI/c1-6-23-20(24-16-18-9-12-26(13-10-18)14-15-29-5)25-19-8-7-11-27(17-19)21(28)30-22(2,3)4;/h18-19H,6-17H2,1-5H3,(H2,23,24,25);1H. The maximum Gasteiger partial charge on any atom is 0.410 e. The first-order valence-electron chi connectivity index (χ1n) is 11.5. The summed E-state index contributed by atoms with van der Waals surface area (Å²) in [6.07, 6.45) is 4.14. The lowest BCUT2D eigenvalue weighted by atomic mass is 9.97. The minimum atomic E-state index is -0.465. The quantitative estimate of drug-likeness (QED) is 0.287. The molecule has 0 aromatic heterocycles. The van der Waals surface area contributed by atoms with Crippen LogP contribution in [0, 0.1) is 5.92 Å². The number of aliphatic imine (C=N–C) groups is 1. The van der Waals surface area contributed by atoms with Gasteiger partial charge in [0, 0.05) is 45.9 Å². The molecule has 0 radical (unpaired) electrons. The minimum Gasteiger partial charge on any atom is -0.444 e. The summed E-state index contributed by atoms with van der Waals surface area (Å²) >= 11 is 0. The number of nitrogens with zero attached hydrogens (tertiary/aromatic N) is 3. The highest BCUT2D eigenvalue weighted by Crippen LogP contribution is 2.18. The van der Waals surface area contributed by atoms with Crippen molar-refractivity contribution in [2.75, 3.05) is 59.5 Å². The van der Waals surface area contributed by atoms with E-state index in [1.807, 2.05) is 25.7 Å². The van der Waals surface area contributed by atoms with Crippen molar-refractivity contribution in [3.63, 3.8) is 0 Å². The second-order valence-electron chi connectivity index (χ2n) is 9.41. The molecule has 1 unspecified atom stereocenters. The maximum atomic E-state index is 12.4. The first-order valence-corrected chi connectivity index (χ1v) is 11.5. The third kappa shape index (κ3) is 11.1. The number of nitrogens with one attached hydrogen (secondary N) is 2. The van der Waals surface area contributed by atoms with Crippen LogP contribution in [0.25, 0.3) is 0 Å². The number of likely N-dealkylation sites (tertiary alicyclic amines) is 2. The van der Waals surface area contributed by atoms with Gasteiger partial charge in [-0.2, -0.15) is 0 Å². The zero-order valence-corrected chi connectivity index (χ0v) is 22.4. The summed E-state index contributed by atoms with van der Waals surface area (Å²) in [6.45, 7) is 14.9. The molecule has 2 fully saturated rings. The highest BCUT2D eigenvalue weighted by Gasteiger charge is 2.28. The lowest BCUT2D eigenvalue weighted by Crippen LogP contribution is -2.53. The monoisotopic (exact) mass is 553 g/mol. The van der Waals surface area contributed by atoms with Gasteiger partial charge in [0.2, 0.25) is 0 Å². The zero-order valence-electron chi connectivity index (χ0n) is 20.1. The fraction of sp³-hybridized carbons (Fsp3) is 0.909. The molecule has 182 valence electrons. The molecule has 8 nitrogen and oxygen atoms in total. The van der Waals surface area contributed by atoms with E-state index in [9.17, 15) is 4.79 Å². The van der Waals surface area contributed by atoms with Crippen molar-refractivity contribution in [1.82, 2.24) is 20.4 Å². The zero-order chi connectivity index (χ0) is 22.0. The van der Waals surface area contributed by atoms with Gasteiger partial charge in [-0.15, -0.1) is 24.0 Å². The molecular weight excluding hydrogens is 509 g/mol. The highest BCUT2D eigenvalue weighted by molar-refractivity contribution is 14.0. The van der Waals surface area contributed by atoms with Crippen molar-refractivity contribution in [3.05, 3.63) is 0 Å². The molecule has 1 atom stereocenters. The first kappa shape index (κ1) is 28.2. The molecule has 31 heavy (non-hydrogen) atoms. The van der Waals surface area contributed by atoms with Crippen LogP contribution in [0.1, 0.15) is 53.4 Å². The second-order valence-corrected chi connectivity index (χ2v) is 9.41. The van der Waals surface area contributed by atoms with E-state index in [1.165, 1.54) is 12.8 Å². The molecule has 9 heteroatoms. The molecule has 2 aliphatic rings. The number of carbonyl (C=O) groups is 1. The van der Waals surface area contributed by atoms with Crippen LogP contribution in [0.5, 0.6) is 0 Å². The third-order valence-electron chi connectivity index (χ3n) is 5.58. The van der Waals surface area contributed by atoms with Crippen LogP contribution >= 0.6 is 24.0 Å². The Balaban J connectivity index is 0.00000480. The van der Waals surface area contributed by atoms with Gasteiger partial charge in [-0.1, -0.05) is 0 Å². The summed E-state index contributed by atoms with van der Waals surface area (Å²) in [5.41, 5.74) is -0.465. The minimum absolute atomic E-state index is 0. The molecule has 0 spiro atoms. The summed E-state index contributed by atoms with van der Waals surface area (Å²) in [5.74, 6) is 1.49. The molecular formula is C22H44IN5O3.